The zero-order chi connectivity index (χ0) is 18.7. The normalized spacial score (nSPS) is 20.8. The van der Waals surface area contributed by atoms with Crippen LogP contribution in [-0.2, 0) is 0 Å². The number of carbonyl (C=O) groups is 1. The fourth-order valence-electron chi connectivity index (χ4n) is 3.82. The van der Waals surface area contributed by atoms with Gasteiger partial charge < -0.3 is 10.1 Å². The second-order valence-corrected chi connectivity index (χ2v) is 7.17. The molecule has 2 aromatic rings. The molecule has 0 heterocycles. The molecule has 1 N–H and O–H groups in total. The van der Waals surface area contributed by atoms with Crippen LogP contribution in [0, 0.1) is 5.82 Å². The number of halogens is 1. The molecule has 0 amide bonds. The quantitative estimate of drug-likeness (QED) is 0.739. The molecule has 2 aromatic carbocycles. The van der Waals surface area contributed by atoms with Gasteiger partial charge in [0.2, 0.25) is 0 Å². The number of hydrogen-bond acceptors (Lipinski definition) is 3. The van der Waals surface area contributed by atoms with Crippen molar-refractivity contribution in [2.75, 3.05) is 7.11 Å². The second kappa shape index (κ2) is 8.00. The van der Waals surface area contributed by atoms with Gasteiger partial charge in [-0.3, -0.25) is 4.79 Å². The van der Waals surface area contributed by atoms with Crippen LogP contribution in [0.3, 0.4) is 0 Å². The van der Waals surface area contributed by atoms with Crippen molar-refractivity contribution in [1.29, 1.82) is 0 Å². The van der Waals surface area contributed by atoms with Crippen molar-refractivity contribution in [3.63, 3.8) is 0 Å². The molecule has 138 valence electrons. The molecule has 4 heteroatoms. The minimum atomic E-state index is -0.335. The number of Topliss-reactive ketones (excluding diaryl/α,β-unsaturated/α-hetero) is 1. The van der Waals surface area contributed by atoms with Gasteiger partial charge in [0.1, 0.15) is 0 Å². The average molecular weight is 355 g/mol. The van der Waals surface area contributed by atoms with Gasteiger partial charge in [-0.25, -0.2) is 4.39 Å². The van der Waals surface area contributed by atoms with Crippen molar-refractivity contribution < 1.29 is 13.9 Å². The number of ketones is 1. The van der Waals surface area contributed by atoms with Crippen molar-refractivity contribution in [1.82, 2.24) is 5.32 Å². The summed E-state index contributed by atoms with van der Waals surface area (Å²) in [5, 5.41) is 3.66. The Labute approximate surface area is 154 Å². The van der Waals surface area contributed by atoms with Crippen LogP contribution in [0.5, 0.6) is 5.75 Å². The summed E-state index contributed by atoms with van der Waals surface area (Å²) < 4.78 is 18.7. The summed E-state index contributed by atoms with van der Waals surface area (Å²) in [6.07, 6.45) is 3.32. The predicted octanol–water partition coefficient (Wildman–Crippen LogP) is 5.02. The lowest BCUT2D eigenvalue weighted by Gasteiger charge is -2.21. The van der Waals surface area contributed by atoms with Crippen molar-refractivity contribution >= 4 is 5.78 Å². The Morgan fingerprint density at radius 2 is 1.92 bits per heavy atom. The van der Waals surface area contributed by atoms with Crippen LogP contribution in [-0.4, -0.2) is 18.9 Å². The van der Waals surface area contributed by atoms with Crippen LogP contribution < -0.4 is 10.1 Å². The highest BCUT2D eigenvalue weighted by Crippen LogP contribution is 2.35. The van der Waals surface area contributed by atoms with Crippen LogP contribution in [0.25, 0.3) is 0 Å². The molecule has 1 aliphatic rings. The third-order valence-corrected chi connectivity index (χ3v) is 5.38. The highest BCUT2D eigenvalue weighted by molar-refractivity contribution is 5.94. The van der Waals surface area contributed by atoms with E-state index < -0.39 is 0 Å². The molecule has 26 heavy (non-hydrogen) atoms. The first-order chi connectivity index (χ1) is 12.5. The minimum Gasteiger partial charge on any atom is -0.494 e. The van der Waals surface area contributed by atoms with Crippen LogP contribution in [0.15, 0.2) is 42.5 Å². The SMILES string of the molecule is COc1cc(C(C)NC2CCC(c3ccc(C(C)=O)cc3)C2)ccc1F. The van der Waals surface area contributed by atoms with E-state index in [0.29, 0.717) is 12.0 Å². The zero-order valence-electron chi connectivity index (χ0n) is 15.6. The van der Waals surface area contributed by atoms with Gasteiger partial charge >= 0.3 is 0 Å². The fraction of sp³-hybridized carbons (Fsp3) is 0.409. The maximum Gasteiger partial charge on any atom is 0.165 e. The fourth-order valence-corrected chi connectivity index (χ4v) is 3.82. The van der Waals surface area contributed by atoms with E-state index in [2.05, 4.69) is 24.4 Å². The van der Waals surface area contributed by atoms with Crippen molar-refractivity contribution in [2.24, 2.45) is 0 Å². The van der Waals surface area contributed by atoms with Crippen molar-refractivity contribution in [3.05, 3.63) is 65.0 Å². The van der Waals surface area contributed by atoms with E-state index in [1.807, 2.05) is 18.2 Å². The van der Waals surface area contributed by atoms with E-state index >= 15 is 0 Å². The Morgan fingerprint density at radius 1 is 1.19 bits per heavy atom. The molecule has 3 unspecified atom stereocenters. The monoisotopic (exact) mass is 355 g/mol. The Kier molecular flexibility index (Phi) is 5.72. The van der Waals surface area contributed by atoms with Crippen LogP contribution in [0.2, 0.25) is 0 Å². The molecule has 0 saturated heterocycles. The topological polar surface area (TPSA) is 38.3 Å². The summed E-state index contributed by atoms with van der Waals surface area (Å²) in [6.45, 7) is 3.69. The first kappa shape index (κ1) is 18.6. The second-order valence-electron chi connectivity index (χ2n) is 7.17. The largest absolute Gasteiger partial charge is 0.494 e. The Bertz CT molecular complexity index is 772. The molecule has 0 aliphatic heterocycles. The molecule has 0 spiro atoms. The number of benzene rings is 2. The van der Waals surface area contributed by atoms with Crippen LogP contribution in [0.4, 0.5) is 4.39 Å². The average Bonchev–Trinajstić information content (AvgIpc) is 3.10. The highest BCUT2D eigenvalue weighted by Gasteiger charge is 2.27. The molecule has 1 fully saturated rings. The predicted molar refractivity (Wildman–Crippen MR) is 101 cm³/mol. The number of rotatable bonds is 6. The Balaban J connectivity index is 1.61. The summed E-state index contributed by atoms with van der Waals surface area (Å²) in [4.78, 5) is 11.4. The van der Waals surface area contributed by atoms with Gasteiger partial charge in [0.05, 0.1) is 7.11 Å². The third kappa shape index (κ3) is 4.13. The maximum atomic E-state index is 13.6. The molecule has 1 aliphatic carbocycles. The highest BCUT2D eigenvalue weighted by atomic mass is 19.1. The number of methoxy groups -OCH3 is 1. The summed E-state index contributed by atoms with van der Waals surface area (Å²) in [6, 6.07) is 13.6. The smallest absolute Gasteiger partial charge is 0.165 e. The summed E-state index contributed by atoms with van der Waals surface area (Å²) in [7, 11) is 1.49. The van der Waals surface area contributed by atoms with Gasteiger partial charge in [0.15, 0.2) is 17.3 Å². The van der Waals surface area contributed by atoms with Gasteiger partial charge in [-0.1, -0.05) is 30.3 Å². The summed E-state index contributed by atoms with van der Waals surface area (Å²) >= 11 is 0. The van der Waals surface area contributed by atoms with E-state index in [4.69, 9.17) is 4.74 Å². The lowest BCUT2D eigenvalue weighted by molar-refractivity contribution is 0.101. The van der Waals surface area contributed by atoms with E-state index in [9.17, 15) is 9.18 Å². The molecular weight excluding hydrogens is 329 g/mol. The van der Waals surface area contributed by atoms with E-state index in [1.165, 1.54) is 18.7 Å². The van der Waals surface area contributed by atoms with Crippen LogP contribution in [0.1, 0.15) is 66.6 Å². The van der Waals surface area contributed by atoms with Crippen molar-refractivity contribution in [3.8, 4) is 5.75 Å². The van der Waals surface area contributed by atoms with Gasteiger partial charge in [0, 0.05) is 17.6 Å². The first-order valence-corrected chi connectivity index (χ1v) is 9.18. The first-order valence-electron chi connectivity index (χ1n) is 9.18. The van der Waals surface area contributed by atoms with Gasteiger partial charge in [0.25, 0.3) is 0 Å². The van der Waals surface area contributed by atoms with E-state index in [-0.39, 0.29) is 23.4 Å². The van der Waals surface area contributed by atoms with E-state index in [0.717, 1.165) is 30.4 Å². The molecule has 1 saturated carbocycles. The summed E-state index contributed by atoms with van der Waals surface area (Å²) in [5.74, 6) is 0.568. The molecule has 0 aromatic heterocycles. The molecule has 0 bridgehead atoms. The van der Waals surface area contributed by atoms with Gasteiger partial charge in [-0.2, -0.15) is 0 Å². The standard InChI is InChI=1S/C22H26FNO2/c1-14(18-9-11-21(23)22(13-18)26-3)24-20-10-8-19(12-20)17-6-4-16(5-7-17)15(2)25/h4-7,9,11,13-14,19-20,24H,8,10,12H2,1-3H3. The third-order valence-electron chi connectivity index (χ3n) is 5.38. The number of hydrogen-bond donors (Lipinski definition) is 1. The minimum absolute atomic E-state index is 0.103. The van der Waals surface area contributed by atoms with Crippen molar-refractivity contribution in [2.45, 2.75) is 51.1 Å². The molecule has 3 nitrogen and oxygen atoms in total. The maximum absolute atomic E-state index is 13.6. The van der Waals surface area contributed by atoms with Gasteiger partial charge in [-0.05, 0) is 62.3 Å². The lowest BCUT2D eigenvalue weighted by atomic mass is 9.95. The molecular formula is C22H26FNO2. The lowest BCUT2D eigenvalue weighted by Crippen LogP contribution is -2.29. The zero-order valence-corrected chi connectivity index (χ0v) is 15.6. The van der Waals surface area contributed by atoms with Crippen LogP contribution >= 0.6 is 0 Å². The van der Waals surface area contributed by atoms with E-state index in [1.54, 1.807) is 13.0 Å². The number of carbonyl (C=O) groups excluding carboxylic acids is 1. The molecule has 3 atom stereocenters. The van der Waals surface area contributed by atoms with Gasteiger partial charge in [-0.15, -0.1) is 0 Å². The Hall–Kier alpha value is -2.20. The summed E-state index contributed by atoms with van der Waals surface area (Å²) in [5.41, 5.74) is 3.09. The number of ether oxygens (including phenoxy) is 1. The molecule has 3 rings (SSSR count). The number of nitrogens with one attached hydrogen (secondary N) is 1. The Morgan fingerprint density at radius 3 is 2.58 bits per heavy atom. The molecule has 0 radical (unpaired) electrons.